The molecule has 2 aromatic rings. The maximum atomic E-state index is 12.9. The molecule has 0 amide bonds. The van der Waals surface area contributed by atoms with Crippen LogP contribution in [-0.4, -0.2) is 25.8 Å². The van der Waals surface area contributed by atoms with Gasteiger partial charge in [-0.2, -0.15) is 18.3 Å². The Morgan fingerprint density at radius 3 is 2.58 bits per heavy atom. The Bertz CT molecular complexity index is 639. The lowest BCUT2D eigenvalue weighted by atomic mass is 10.2. The summed E-state index contributed by atoms with van der Waals surface area (Å²) < 4.78 is 39.1. The molecule has 0 saturated heterocycles. The average molecular weight is 292 g/mol. The monoisotopic (exact) mass is 291 g/mol. The minimum Gasteiger partial charge on any atom is -0.478 e. The molecule has 0 aliphatic heterocycles. The average Bonchev–Trinajstić information content (AvgIpc) is 2.73. The van der Waals surface area contributed by atoms with Gasteiger partial charge in [0.15, 0.2) is 11.5 Å². The molecule has 0 atom stereocenters. The van der Waals surface area contributed by atoms with Gasteiger partial charge in [-0.25, -0.2) is 14.5 Å². The zero-order valence-corrected chi connectivity index (χ0v) is 9.77. The van der Waals surface area contributed by atoms with Crippen molar-refractivity contribution in [3.8, 4) is 5.82 Å². The lowest BCUT2D eigenvalue weighted by molar-refractivity contribution is -0.143. The van der Waals surface area contributed by atoms with E-state index >= 15 is 0 Å². The number of carbonyl (C=O) groups is 1. The standard InChI is InChI=1S/C10H5ClF3N3O2/c11-6-2-1-3-7(16-6)17-8(10(12,13)14)5(4-15-17)9(18)19/h1-4H,(H,18,19). The van der Waals surface area contributed by atoms with E-state index in [4.69, 9.17) is 16.7 Å². The first-order valence-electron chi connectivity index (χ1n) is 4.82. The lowest BCUT2D eigenvalue weighted by Gasteiger charge is -2.10. The van der Waals surface area contributed by atoms with Crippen LogP contribution in [0.2, 0.25) is 5.15 Å². The number of hydrogen-bond acceptors (Lipinski definition) is 3. The fourth-order valence-electron chi connectivity index (χ4n) is 1.47. The van der Waals surface area contributed by atoms with Gasteiger partial charge in [-0.3, -0.25) is 0 Å². The second-order valence-corrected chi connectivity index (χ2v) is 3.83. The molecule has 0 unspecified atom stereocenters. The molecule has 2 rings (SSSR count). The summed E-state index contributed by atoms with van der Waals surface area (Å²) in [6.07, 6.45) is -4.26. The topological polar surface area (TPSA) is 68.0 Å². The summed E-state index contributed by atoms with van der Waals surface area (Å²) in [5.74, 6) is -1.94. The van der Waals surface area contributed by atoms with Gasteiger partial charge in [0.1, 0.15) is 10.7 Å². The third kappa shape index (κ3) is 2.53. The first-order chi connectivity index (χ1) is 8.80. The summed E-state index contributed by atoms with van der Waals surface area (Å²) >= 11 is 5.58. The number of pyridine rings is 1. The number of carboxylic acids is 1. The maximum Gasteiger partial charge on any atom is 0.434 e. The van der Waals surface area contributed by atoms with Crippen LogP contribution >= 0.6 is 11.6 Å². The van der Waals surface area contributed by atoms with Gasteiger partial charge in [0.2, 0.25) is 0 Å². The van der Waals surface area contributed by atoms with Crippen molar-refractivity contribution in [3.05, 3.63) is 40.8 Å². The zero-order valence-electron chi connectivity index (χ0n) is 9.02. The molecule has 0 saturated carbocycles. The van der Waals surface area contributed by atoms with Gasteiger partial charge < -0.3 is 5.11 Å². The van der Waals surface area contributed by atoms with E-state index < -0.39 is 23.4 Å². The largest absolute Gasteiger partial charge is 0.478 e. The van der Waals surface area contributed by atoms with Crippen LogP contribution in [0.4, 0.5) is 13.2 Å². The molecule has 9 heteroatoms. The van der Waals surface area contributed by atoms with Crippen molar-refractivity contribution in [2.75, 3.05) is 0 Å². The molecule has 100 valence electrons. The molecule has 0 bridgehead atoms. The van der Waals surface area contributed by atoms with Gasteiger partial charge in [0.05, 0.1) is 6.20 Å². The first-order valence-corrected chi connectivity index (χ1v) is 5.20. The third-order valence-electron chi connectivity index (χ3n) is 2.19. The van der Waals surface area contributed by atoms with Crippen molar-refractivity contribution in [2.45, 2.75) is 6.18 Å². The highest BCUT2D eigenvalue weighted by molar-refractivity contribution is 6.29. The number of aromatic carboxylic acids is 1. The highest BCUT2D eigenvalue weighted by Gasteiger charge is 2.40. The molecule has 0 radical (unpaired) electrons. The number of rotatable bonds is 2. The van der Waals surface area contributed by atoms with E-state index in [1.165, 1.54) is 18.2 Å². The van der Waals surface area contributed by atoms with E-state index in [9.17, 15) is 18.0 Å². The van der Waals surface area contributed by atoms with Crippen LogP contribution in [0, 0.1) is 0 Å². The number of carboxylic acid groups (broad SMARTS) is 1. The molecule has 5 nitrogen and oxygen atoms in total. The molecule has 2 aromatic heterocycles. The first kappa shape index (κ1) is 13.3. The van der Waals surface area contributed by atoms with Crippen molar-refractivity contribution >= 4 is 17.6 Å². The Kier molecular flexibility index (Phi) is 3.19. The number of halogens is 4. The SMILES string of the molecule is O=C(O)c1cnn(-c2cccc(Cl)n2)c1C(F)(F)F. The van der Waals surface area contributed by atoms with Crippen LogP contribution in [0.25, 0.3) is 5.82 Å². The Hall–Kier alpha value is -2.09. The van der Waals surface area contributed by atoms with Crippen LogP contribution in [0.3, 0.4) is 0 Å². The second-order valence-electron chi connectivity index (χ2n) is 3.44. The van der Waals surface area contributed by atoms with Crippen LogP contribution in [0.5, 0.6) is 0 Å². The van der Waals surface area contributed by atoms with Gasteiger partial charge in [0.25, 0.3) is 0 Å². The van der Waals surface area contributed by atoms with Crippen molar-refractivity contribution in [1.29, 1.82) is 0 Å². The van der Waals surface area contributed by atoms with Gasteiger partial charge in [-0.15, -0.1) is 0 Å². The molecular weight excluding hydrogens is 287 g/mol. The third-order valence-corrected chi connectivity index (χ3v) is 2.40. The highest BCUT2D eigenvalue weighted by Crippen LogP contribution is 2.33. The minimum absolute atomic E-state index is 0.0296. The van der Waals surface area contributed by atoms with Gasteiger partial charge in [0, 0.05) is 0 Å². The molecule has 0 aliphatic rings. The summed E-state index contributed by atoms with van der Waals surface area (Å²) in [6.45, 7) is 0. The minimum atomic E-state index is -4.88. The molecule has 0 spiro atoms. The number of alkyl halides is 3. The highest BCUT2D eigenvalue weighted by atomic mass is 35.5. The fourth-order valence-corrected chi connectivity index (χ4v) is 1.63. The summed E-state index contributed by atoms with van der Waals surface area (Å²) in [7, 11) is 0. The van der Waals surface area contributed by atoms with Crippen LogP contribution in [0.1, 0.15) is 16.1 Å². The van der Waals surface area contributed by atoms with Gasteiger partial charge in [-0.1, -0.05) is 17.7 Å². The van der Waals surface area contributed by atoms with E-state index in [0.29, 0.717) is 10.9 Å². The van der Waals surface area contributed by atoms with Crippen molar-refractivity contribution in [1.82, 2.24) is 14.8 Å². The van der Waals surface area contributed by atoms with Crippen LogP contribution < -0.4 is 0 Å². The summed E-state index contributed by atoms with van der Waals surface area (Å²) in [5, 5.41) is 12.1. The molecule has 0 aromatic carbocycles. The van der Waals surface area contributed by atoms with Crippen LogP contribution in [-0.2, 0) is 6.18 Å². The molecule has 0 aliphatic carbocycles. The smallest absolute Gasteiger partial charge is 0.434 e. The van der Waals surface area contributed by atoms with E-state index in [1.54, 1.807) is 0 Å². The summed E-state index contributed by atoms with van der Waals surface area (Å²) in [6, 6.07) is 3.99. The number of nitrogens with zero attached hydrogens (tertiary/aromatic N) is 3. The Labute approximate surface area is 109 Å². The van der Waals surface area contributed by atoms with Gasteiger partial charge in [-0.05, 0) is 12.1 Å². The Morgan fingerprint density at radius 2 is 2.05 bits per heavy atom. The normalized spacial score (nSPS) is 11.6. The van der Waals surface area contributed by atoms with E-state index in [0.717, 1.165) is 0 Å². The summed E-state index contributed by atoms with van der Waals surface area (Å²) in [5.41, 5.74) is -2.36. The molecular formula is C10H5ClF3N3O2. The molecule has 2 heterocycles. The predicted octanol–water partition coefficient (Wildman–Crippen LogP) is 2.64. The fraction of sp³-hybridized carbons (Fsp3) is 0.100. The van der Waals surface area contributed by atoms with E-state index in [-0.39, 0.29) is 11.0 Å². The Morgan fingerprint density at radius 1 is 1.37 bits per heavy atom. The van der Waals surface area contributed by atoms with Crippen molar-refractivity contribution in [2.24, 2.45) is 0 Å². The van der Waals surface area contributed by atoms with Gasteiger partial charge >= 0.3 is 12.1 Å². The summed E-state index contributed by atoms with van der Waals surface area (Å²) in [4.78, 5) is 14.4. The second kappa shape index (κ2) is 4.54. The van der Waals surface area contributed by atoms with E-state index in [2.05, 4.69) is 10.1 Å². The lowest BCUT2D eigenvalue weighted by Crippen LogP contribution is -2.18. The molecule has 19 heavy (non-hydrogen) atoms. The zero-order chi connectivity index (χ0) is 14.2. The van der Waals surface area contributed by atoms with E-state index in [1.807, 2.05) is 0 Å². The maximum absolute atomic E-state index is 12.9. The quantitative estimate of drug-likeness (QED) is 0.864. The molecule has 1 N–H and O–H groups in total. The number of hydrogen-bond donors (Lipinski definition) is 1. The Balaban J connectivity index is 2.68. The number of aromatic nitrogens is 3. The van der Waals surface area contributed by atoms with Crippen molar-refractivity contribution < 1.29 is 23.1 Å². The predicted molar refractivity (Wildman–Crippen MR) is 58.3 cm³/mol. The van der Waals surface area contributed by atoms with Crippen LogP contribution in [0.15, 0.2) is 24.4 Å². The molecule has 0 fully saturated rings. The van der Waals surface area contributed by atoms with Crippen molar-refractivity contribution in [3.63, 3.8) is 0 Å².